The fourth-order valence-electron chi connectivity index (χ4n) is 2.08. The third kappa shape index (κ3) is 10.3. The zero-order valence-corrected chi connectivity index (χ0v) is 18.4. The van der Waals surface area contributed by atoms with Gasteiger partial charge in [-0.3, -0.25) is 0 Å². The molecule has 1 rings (SSSR count). The van der Waals surface area contributed by atoms with Crippen LogP contribution in [-0.2, 0) is 0 Å². The normalized spacial score (nSPS) is 12.2. The highest BCUT2D eigenvalue weighted by Crippen LogP contribution is 2.17. The Morgan fingerprint density at radius 1 is 1.25 bits per heavy atom. The second-order valence-corrected chi connectivity index (χ2v) is 6.53. The number of nitrogens with one attached hydrogen (secondary N) is 2. The highest BCUT2D eigenvalue weighted by Gasteiger charge is 2.06. The summed E-state index contributed by atoms with van der Waals surface area (Å²) in [5, 5.41) is 6.67. The number of rotatable bonds is 10. The zero-order chi connectivity index (χ0) is 16.9. The lowest BCUT2D eigenvalue weighted by Gasteiger charge is -2.16. The third-order valence-corrected chi connectivity index (χ3v) is 4.04. The van der Waals surface area contributed by atoms with Crippen LogP contribution in [0.25, 0.3) is 0 Å². The van der Waals surface area contributed by atoms with E-state index < -0.39 is 0 Å². The van der Waals surface area contributed by atoms with Crippen LogP contribution in [0.4, 0.5) is 0 Å². The summed E-state index contributed by atoms with van der Waals surface area (Å²) in [6.07, 6.45) is 4.60. The summed E-state index contributed by atoms with van der Waals surface area (Å²) in [5.74, 6) is 3.03. The minimum absolute atomic E-state index is 0. The van der Waals surface area contributed by atoms with Crippen LogP contribution in [0.3, 0.4) is 0 Å². The van der Waals surface area contributed by atoms with Crippen LogP contribution in [-0.4, -0.2) is 43.7 Å². The molecule has 0 bridgehead atoms. The van der Waals surface area contributed by atoms with E-state index in [1.165, 1.54) is 18.6 Å². The van der Waals surface area contributed by atoms with Crippen LogP contribution < -0.4 is 15.4 Å². The van der Waals surface area contributed by atoms with E-state index in [-0.39, 0.29) is 30.1 Å². The van der Waals surface area contributed by atoms with E-state index in [0.717, 1.165) is 30.4 Å². The molecule has 0 spiro atoms. The molecule has 1 unspecified atom stereocenters. The van der Waals surface area contributed by atoms with E-state index in [2.05, 4.69) is 48.7 Å². The molecule has 138 valence electrons. The van der Waals surface area contributed by atoms with Gasteiger partial charge in [0.2, 0.25) is 0 Å². The number of halogens is 1. The molecule has 0 aromatic heterocycles. The minimum atomic E-state index is 0. The molecule has 0 saturated carbocycles. The summed E-state index contributed by atoms with van der Waals surface area (Å²) < 4.78 is 5.97. The van der Waals surface area contributed by atoms with Crippen LogP contribution in [0, 0.1) is 6.92 Å². The van der Waals surface area contributed by atoms with Gasteiger partial charge in [0.15, 0.2) is 5.96 Å². The average Bonchev–Trinajstić information content (AvgIpc) is 2.54. The molecule has 0 aliphatic carbocycles. The summed E-state index contributed by atoms with van der Waals surface area (Å²) in [6.45, 7) is 8.65. The van der Waals surface area contributed by atoms with Crippen LogP contribution in [0.5, 0.6) is 5.75 Å². The van der Waals surface area contributed by atoms with Gasteiger partial charge < -0.3 is 15.4 Å². The molecule has 0 radical (unpaired) electrons. The zero-order valence-electron chi connectivity index (χ0n) is 15.3. The number of guanidine groups is 1. The molecule has 0 aliphatic rings. The smallest absolute Gasteiger partial charge is 0.191 e. The summed E-state index contributed by atoms with van der Waals surface area (Å²) in [6, 6.07) is 8.09. The van der Waals surface area contributed by atoms with E-state index in [1.807, 2.05) is 30.0 Å². The van der Waals surface area contributed by atoms with Gasteiger partial charge in [-0.25, -0.2) is 4.99 Å². The van der Waals surface area contributed by atoms with Crippen molar-refractivity contribution in [2.24, 2.45) is 4.99 Å². The lowest BCUT2D eigenvalue weighted by Crippen LogP contribution is -2.38. The maximum atomic E-state index is 5.97. The SMILES string of the molecule is CCNC(=NCC(C)Oc1ccccc1C)NCCCCSC.I. The van der Waals surface area contributed by atoms with Crippen molar-refractivity contribution in [3.63, 3.8) is 0 Å². The Morgan fingerprint density at radius 3 is 2.67 bits per heavy atom. The van der Waals surface area contributed by atoms with Crippen LogP contribution >= 0.6 is 35.7 Å². The Hall–Kier alpha value is -0.630. The molecule has 0 saturated heterocycles. The molecule has 0 heterocycles. The predicted octanol–water partition coefficient (Wildman–Crippen LogP) is 4.08. The van der Waals surface area contributed by atoms with Gasteiger partial charge in [0.05, 0.1) is 6.54 Å². The minimum Gasteiger partial charge on any atom is -0.489 e. The van der Waals surface area contributed by atoms with Gasteiger partial charge in [-0.05, 0) is 57.3 Å². The summed E-state index contributed by atoms with van der Waals surface area (Å²) >= 11 is 1.90. The maximum Gasteiger partial charge on any atom is 0.191 e. The third-order valence-electron chi connectivity index (χ3n) is 3.34. The van der Waals surface area contributed by atoms with Crippen molar-refractivity contribution < 1.29 is 4.74 Å². The number of aryl methyl sites for hydroxylation is 1. The summed E-state index contributed by atoms with van der Waals surface area (Å²) in [7, 11) is 0. The molecule has 6 heteroatoms. The molecule has 0 amide bonds. The van der Waals surface area contributed by atoms with Gasteiger partial charge in [-0.1, -0.05) is 18.2 Å². The van der Waals surface area contributed by atoms with Crippen molar-refractivity contribution >= 4 is 41.7 Å². The number of ether oxygens (including phenoxy) is 1. The fraction of sp³-hybridized carbons (Fsp3) is 0.611. The lowest BCUT2D eigenvalue weighted by atomic mass is 10.2. The Morgan fingerprint density at radius 2 is 2.00 bits per heavy atom. The Labute approximate surface area is 168 Å². The molecule has 4 nitrogen and oxygen atoms in total. The molecule has 0 fully saturated rings. The van der Waals surface area contributed by atoms with Crippen LogP contribution in [0.2, 0.25) is 0 Å². The van der Waals surface area contributed by atoms with Gasteiger partial charge in [0.1, 0.15) is 11.9 Å². The Bertz CT molecular complexity index is 471. The molecule has 2 N–H and O–H groups in total. The first kappa shape index (κ1) is 23.4. The number of para-hydroxylation sites is 1. The molecular formula is C18H32IN3OS. The number of hydrogen-bond donors (Lipinski definition) is 2. The Balaban J connectivity index is 0.00000529. The molecule has 1 atom stereocenters. The molecule has 0 aliphatic heterocycles. The molecule has 1 aromatic rings. The van der Waals surface area contributed by atoms with Crippen molar-refractivity contribution in [1.82, 2.24) is 10.6 Å². The van der Waals surface area contributed by atoms with Crippen molar-refractivity contribution in [2.45, 2.75) is 39.7 Å². The van der Waals surface area contributed by atoms with Gasteiger partial charge in [0.25, 0.3) is 0 Å². The highest BCUT2D eigenvalue weighted by atomic mass is 127. The number of thioether (sulfide) groups is 1. The number of unbranched alkanes of at least 4 members (excludes halogenated alkanes) is 1. The van der Waals surface area contributed by atoms with Crippen molar-refractivity contribution in [1.29, 1.82) is 0 Å². The molecule has 1 aromatic carbocycles. The van der Waals surface area contributed by atoms with E-state index in [0.29, 0.717) is 6.54 Å². The monoisotopic (exact) mass is 465 g/mol. The largest absolute Gasteiger partial charge is 0.489 e. The van der Waals surface area contributed by atoms with E-state index >= 15 is 0 Å². The Kier molecular flexibility index (Phi) is 14.3. The van der Waals surface area contributed by atoms with Gasteiger partial charge in [-0.2, -0.15) is 11.8 Å². The first-order valence-electron chi connectivity index (χ1n) is 8.40. The number of aliphatic imine (C=N–C) groups is 1. The number of benzene rings is 1. The van der Waals surface area contributed by atoms with Gasteiger partial charge >= 0.3 is 0 Å². The van der Waals surface area contributed by atoms with Gasteiger partial charge in [-0.15, -0.1) is 24.0 Å². The highest BCUT2D eigenvalue weighted by molar-refractivity contribution is 14.0. The average molecular weight is 465 g/mol. The maximum absolute atomic E-state index is 5.97. The first-order chi connectivity index (χ1) is 11.2. The summed E-state index contributed by atoms with van der Waals surface area (Å²) in [4.78, 5) is 4.62. The fourth-order valence-corrected chi connectivity index (χ4v) is 2.58. The van der Waals surface area contributed by atoms with E-state index in [4.69, 9.17) is 4.74 Å². The second kappa shape index (κ2) is 14.7. The molecule has 24 heavy (non-hydrogen) atoms. The standard InChI is InChI=1S/C18H31N3OS.HI/c1-5-19-18(20-12-8-9-13-23-4)21-14-16(3)22-17-11-7-6-10-15(17)2;/h6-7,10-11,16H,5,8-9,12-14H2,1-4H3,(H2,19,20,21);1H. The second-order valence-electron chi connectivity index (χ2n) is 5.54. The number of nitrogens with zero attached hydrogens (tertiary/aromatic N) is 1. The van der Waals surface area contributed by atoms with Crippen LogP contribution in [0.15, 0.2) is 29.3 Å². The lowest BCUT2D eigenvalue weighted by molar-refractivity contribution is 0.228. The van der Waals surface area contributed by atoms with Gasteiger partial charge in [0, 0.05) is 13.1 Å². The number of hydrogen-bond acceptors (Lipinski definition) is 3. The quantitative estimate of drug-likeness (QED) is 0.237. The van der Waals surface area contributed by atoms with Crippen molar-refractivity contribution in [2.75, 3.05) is 31.6 Å². The van der Waals surface area contributed by atoms with E-state index in [1.54, 1.807) is 0 Å². The topological polar surface area (TPSA) is 45.7 Å². The molecular weight excluding hydrogens is 433 g/mol. The summed E-state index contributed by atoms with van der Waals surface area (Å²) in [5.41, 5.74) is 1.15. The van der Waals surface area contributed by atoms with E-state index in [9.17, 15) is 0 Å². The van der Waals surface area contributed by atoms with Crippen molar-refractivity contribution in [3.05, 3.63) is 29.8 Å². The predicted molar refractivity (Wildman–Crippen MR) is 118 cm³/mol. The first-order valence-corrected chi connectivity index (χ1v) is 9.80. The van der Waals surface area contributed by atoms with Crippen LogP contribution in [0.1, 0.15) is 32.3 Å². The van der Waals surface area contributed by atoms with Crippen molar-refractivity contribution in [3.8, 4) is 5.75 Å².